The molecule has 11 nitrogen and oxygen atoms in total. The lowest BCUT2D eigenvalue weighted by Crippen LogP contribution is -2.25. The van der Waals surface area contributed by atoms with E-state index in [2.05, 4.69) is 5.10 Å². The van der Waals surface area contributed by atoms with Crippen LogP contribution < -0.4 is 5.01 Å². The van der Waals surface area contributed by atoms with Crippen molar-refractivity contribution < 1.29 is 44.0 Å². The van der Waals surface area contributed by atoms with E-state index in [-0.39, 0.29) is 23.3 Å². The number of phenolic OH excluding ortho intramolecular Hbond substituents is 2. The van der Waals surface area contributed by atoms with Crippen LogP contribution in [0.4, 0.5) is 5.69 Å². The molecule has 0 heterocycles. The van der Waals surface area contributed by atoms with Crippen molar-refractivity contribution in [2.75, 3.05) is 5.01 Å². The van der Waals surface area contributed by atoms with Crippen molar-refractivity contribution in [3.8, 4) is 11.5 Å². The third-order valence-electron chi connectivity index (χ3n) is 5.36. The van der Waals surface area contributed by atoms with E-state index >= 15 is 0 Å². The van der Waals surface area contributed by atoms with E-state index < -0.39 is 32.4 Å². The van der Waals surface area contributed by atoms with Gasteiger partial charge in [-0.05, 0) is 60.1 Å². The molecule has 7 N–H and O–H groups in total. The summed E-state index contributed by atoms with van der Waals surface area (Å²) in [6.45, 7) is 4.93. The van der Waals surface area contributed by atoms with Crippen LogP contribution in [0.5, 0.6) is 11.5 Å². The first-order valence-corrected chi connectivity index (χ1v) is 13.6. The molecule has 0 radical (unpaired) electrons. The Kier molecular flexibility index (Phi) is 8.96. The molecule has 0 saturated carbocycles. The average Bonchev–Trinajstić information content (AvgIpc) is 2.72. The van der Waals surface area contributed by atoms with Crippen molar-refractivity contribution in [2.45, 2.75) is 45.4 Å². The molecule has 34 heavy (non-hydrogen) atoms. The Morgan fingerprint density at radius 3 is 1.91 bits per heavy atom. The fraction of sp³-hybridized carbons (Fsp3) is 0.333. The standard InChI is InChI=1S/C21H28N2O9P2/c1-4-17(14-6-9-16(25)10-7-14)18(5-2)15-8-11-20(26)19(12-15)23(13(3)24)22-21(33(27,28)29)34(30,31)32/h6-12,17-18,27-29H,4-5H2,1-3H3,(H3-,25,26,30,31,32)/p+1. The van der Waals surface area contributed by atoms with Crippen molar-refractivity contribution in [3.63, 3.8) is 0 Å². The highest BCUT2D eigenvalue weighted by Crippen LogP contribution is 2.60. The van der Waals surface area contributed by atoms with Crippen molar-refractivity contribution in [2.24, 2.45) is 5.10 Å². The minimum atomic E-state index is -5.47. The molecule has 1 amide bonds. The second-order valence-electron chi connectivity index (χ2n) is 7.71. The largest absolute Gasteiger partial charge is 0.508 e. The van der Waals surface area contributed by atoms with Gasteiger partial charge in [-0.15, -0.1) is 5.10 Å². The number of aromatic hydroxyl groups is 2. The Hall–Kier alpha value is -2.36. The van der Waals surface area contributed by atoms with Gasteiger partial charge in [0.1, 0.15) is 17.2 Å². The number of hydrogen-bond acceptors (Lipinski definition) is 8. The van der Waals surface area contributed by atoms with Crippen molar-refractivity contribution in [1.29, 1.82) is 0 Å². The van der Waals surface area contributed by atoms with Gasteiger partial charge >= 0.3 is 20.7 Å². The van der Waals surface area contributed by atoms with Gasteiger partial charge in [-0.1, -0.05) is 32.0 Å². The fourth-order valence-corrected chi connectivity index (χ4v) is 5.66. The minimum Gasteiger partial charge on any atom is -0.508 e. The molecule has 2 unspecified atom stereocenters. The molecule has 0 fully saturated rings. The summed E-state index contributed by atoms with van der Waals surface area (Å²) in [7, 11) is -10.8. The molecule has 0 aliphatic heterocycles. The number of amides is 1. The predicted molar refractivity (Wildman–Crippen MR) is 128 cm³/mol. The van der Waals surface area contributed by atoms with E-state index in [1.54, 1.807) is 30.3 Å². The maximum atomic E-state index is 12.3. The molecular weight excluding hydrogens is 486 g/mol. The third kappa shape index (κ3) is 6.61. The highest BCUT2D eigenvalue weighted by atomic mass is 31.3. The summed E-state index contributed by atoms with van der Waals surface area (Å²) in [5, 5.41) is 22.1. The van der Waals surface area contributed by atoms with Crippen LogP contribution >= 0.6 is 15.5 Å². The maximum Gasteiger partial charge on any atom is 0.471 e. The highest BCUT2D eigenvalue weighted by Gasteiger charge is 2.53. The number of benzene rings is 2. The molecular formula is C21H29N2O9P2+. The zero-order valence-electron chi connectivity index (χ0n) is 18.8. The zero-order valence-corrected chi connectivity index (χ0v) is 20.6. The van der Waals surface area contributed by atoms with Crippen molar-refractivity contribution >= 4 is 32.3 Å². The molecule has 0 bridgehead atoms. The first kappa shape index (κ1) is 27.9. The van der Waals surface area contributed by atoms with Gasteiger partial charge in [-0.3, -0.25) is 4.79 Å². The molecule has 0 aromatic heterocycles. The molecule has 0 spiro atoms. The summed E-state index contributed by atoms with van der Waals surface area (Å²) in [5.41, 5.74) is 1.37. The summed E-state index contributed by atoms with van der Waals surface area (Å²) in [6.07, 6.45) is 1.38. The number of phenols is 2. The van der Waals surface area contributed by atoms with Crippen LogP contribution in [-0.4, -0.2) is 45.8 Å². The van der Waals surface area contributed by atoms with E-state index in [0.717, 1.165) is 18.9 Å². The predicted octanol–water partition coefficient (Wildman–Crippen LogP) is 3.33. The Balaban J connectivity index is 2.64. The lowest BCUT2D eigenvalue weighted by Gasteiger charge is -2.27. The smallest absolute Gasteiger partial charge is 0.471 e. The molecule has 2 atom stereocenters. The first-order valence-electron chi connectivity index (χ1n) is 10.4. The van der Waals surface area contributed by atoms with E-state index in [1.165, 1.54) is 12.1 Å². The van der Waals surface area contributed by atoms with Gasteiger partial charge in [0.25, 0.3) is 0 Å². The van der Waals surface area contributed by atoms with Crippen molar-refractivity contribution in [1.82, 2.24) is 0 Å². The van der Waals surface area contributed by atoms with Crippen LogP contribution in [0, 0.1) is 0 Å². The number of carbonyl (C=O) groups excluding carboxylic acids is 1. The Bertz CT molecular complexity index is 1090. The number of hydrogen-bond donors (Lipinski definition) is 7. The number of carbonyl (C=O) groups is 1. The number of rotatable bonds is 9. The highest BCUT2D eigenvalue weighted by molar-refractivity contribution is 8.00. The van der Waals surface area contributed by atoms with Gasteiger partial charge in [0.05, 0.1) is 0 Å². The molecule has 2 aromatic rings. The monoisotopic (exact) mass is 515 g/mol. The summed E-state index contributed by atoms with van der Waals surface area (Å²) in [6, 6.07) is 11.1. The summed E-state index contributed by atoms with van der Waals surface area (Å²) in [4.78, 5) is 59.5. The molecule has 0 saturated heterocycles. The molecule has 2 aromatic carbocycles. The second-order valence-corrected chi connectivity index (χ2v) is 11.1. The quantitative estimate of drug-likeness (QED) is 0.149. The molecule has 2 rings (SSSR count). The van der Waals surface area contributed by atoms with Crippen LogP contribution in [0.3, 0.4) is 0 Å². The van der Waals surface area contributed by atoms with Gasteiger partial charge in [-0.25, -0.2) is 4.57 Å². The number of anilines is 1. The summed E-state index contributed by atoms with van der Waals surface area (Å²) < 4.78 is 11.7. The van der Waals surface area contributed by atoms with E-state index in [1.807, 2.05) is 13.8 Å². The topological polar surface area (TPSA) is 191 Å². The lowest BCUT2D eigenvalue weighted by atomic mass is 9.78. The fourth-order valence-electron chi connectivity index (χ4n) is 3.84. The Morgan fingerprint density at radius 1 is 0.971 bits per heavy atom. The summed E-state index contributed by atoms with van der Waals surface area (Å²) >= 11 is 0. The normalized spacial score (nSPS) is 14.5. The zero-order chi connectivity index (χ0) is 25.8. The minimum absolute atomic E-state index is 0.00571. The summed E-state index contributed by atoms with van der Waals surface area (Å²) in [5.74, 6) is -1.37. The van der Waals surface area contributed by atoms with E-state index in [0.29, 0.717) is 17.0 Å². The molecule has 186 valence electrons. The van der Waals surface area contributed by atoms with E-state index in [4.69, 9.17) is 0 Å². The van der Waals surface area contributed by atoms with Gasteiger partial charge in [-0.2, -0.15) is 19.7 Å². The van der Waals surface area contributed by atoms with Crippen molar-refractivity contribution in [3.05, 3.63) is 53.6 Å². The van der Waals surface area contributed by atoms with Gasteiger partial charge < -0.3 is 20.0 Å². The van der Waals surface area contributed by atoms with Gasteiger partial charge in [0, 0.05) is 6.92 Å². The lowest BCUT2D eigenvalue weighted by molar-refractivity contribution is -0.116. The van der Waals surface area contributed by atoms with Crippen LogP contribution in [0.1, 0.15) is 56.6 Å². The maximum absolute atomic E-state index is 12.3. The van der Waals surface area contributed by atoms with Crippen LogP contribution in [0.25, 0.3) is 0 Å². The van der Waals surface area contributed by atoms with Crippen LogP contribution in [0.15, 0.2) is 47.6 Å². The average molecular weight is 515 g/mol. The molecule has 13 heteroatoms. The van der Waals surface area contributed by atoms with Gasteiger partial charge in [0.15, 0.2) is 0 Å². The van der Waals surface area contributed by atoms with E-state index in [9.17, 15) is 44.0 Å². The Morgan fingerprint density at radius 2 is 1.47 bits per heavy atom. The molecule has 0 aliphatic rings. The third-order valence-corrected chi connectivity index (χ3v) is 8.18. The SMILES string of the molecule is CCC(c1ccc(O)cc1)C(CC)c1ccc(O)c(N(N=C(P(=O)(O)O)[P+](O)(O)O)C(C)=O)c1. The molecule has 0 aliphatic carbocycles. The van der Waals surface area contributed by atoms with Crippen LogP contribution in [0.2, 0.25) is 0 Å². The van der Waals surface area contributed by atoms with Crippen LogP contribution in [-0.2, 0) is 9.36 Å². The number of hydrazone groups is 1. The number of nitrogens with zero attached hydrogens (tertiary/aromatic N) is 2. The second kappa shape index (κ2) is 10.9. The Labute approximate surface area is 197 Å². The van der Waals surface area contributed by atoms with Gasteiger partial charge in [0.2, 0.25) is 5.91 Å². The first-order chi connectivity index (χ1) is 15.7.